The molecule has 0 aliphatic carbocycles. The molecular weight excluding hydrogens is 326 g/mol. The third kappa shape index (κ3) is 6.61. The average molecular weight is 356 g/mol. The molecular formula is C17H30F2N6. The number of alkyl halides is 2. The predicted octanol–water partition coefficient (Wildman–Crippen LogP) is 2.46. The van der Waals surface area contributed by atoms with Crippen molar-refractivity contribution in [2.75, 3.05) is 32.7 Å². The number of hydrogen-bond acceptors (Lipinski definition) is 3. The summed E-state index contributed by atoms with van der Waals surface area (Å²) in [6, 6.07) is 0. The van der Waals surface area contributed by atoms with E-state index in [4.69, 9.17) is 0 Å². The van der Waals surface area contributed by atoms with Gasteiger partial charge in [0.2, 0.25) is 0 Å². The molecule has 1 aliphatic rings. The van der Waals surface area contributed by atoms with Gasteiger partial charge in [-0.1, -0.05) is 6.92 Å². The molecule has 1 aromatic heterocycles. The summed E-state index contributed by atoms with van der Waals surface area (Å²) < 4.78 is 26.5. The Morgan fingerprint density at radius 2 is 2.12 bits per heavy atom. The van der Waals surface area contributed by atoms with Gasteiger partial charge in [0.25, 0.3) is 0 Å². The summed E-state index contributed by atoms with van der Waals surface area (Å²) >= 11 is 0. The van der Waals surface area contributed by atoms with E-state index in [1.807, 2.05) is 6.92 Å². The van der Waals surface area contributed by atoms with Crippen LogP contribution in [0.15, 0.2) is 17.4 Å². The second-order valence-corrected chi connectivity index (χ2v) is 6.53. The van der Waals surface area contributed by atoms with E-state index in [2.05, 4.69) is 32.4 Å². The van der Waals surface area contributed by atoms with Crippen LogP contribution in [0.2, 0.25) is 0 Å². The Hall–Kier alpha value is -1.70. The maximum Gasteiger partial charge on any atom is 0.319 e. The van der Waals surface area contributed by atoms with Crippen LogP contribution >= 0.6 is 0 Å². The van der Waals surface area contributed by atoms with Gasteiger partial charge in [-0.15, -0.1) is 0 Å². The summed E-state index contributed by atoms with van der Waals surface area (Å²) in [5.41, 5.74) is 0. The predicted molar refractivity (Wildman–Crippen MR) is 95.8 cm³/mol. The Bertz CT molecular complexity index is 523. The van der Waals surface area contributed by atoms with Gasteiger partial charge in [-0.2, -0.15) is 8.78 Å². The third-order valence-corrected chi connectivity index (χ3v) is 4.50. The maximum atomic E-state index is 12.8. The lowest BCUT2D eigenvalue weighted by molar-refractivity contribution is 0.0671. The highest BCUT2D eigenvalue weighted by Gasteiger charge is 2.15. The molecule has 8 heteroatoms. The van der Waals surface area contributed by atoms with Crippen LogP contribution in [0, 0.1) is 5.92 Å². The van der Waals surface area contributed by atoms with Crippen molar-refractivity contribution in [1.29, 1.82) is 0 Å². The fourth-order valence-electron chi connectivity index (χ4n) is 2.93. The van der Waals surface area contributed by atoms with Crippen LogP contribution in [0.4, 0.5) is 8.78 Å². The molecule has 142 valence electrons. The first-order valence-electron chi connectivity index (χ1n) is 9.14. The van der Waals surface area contributed by atoms with E-state index in [0.717, 1.165) is 36.5 Å². The number of rotatable bonds is 8. The van der Waals surface area contributed by atoms with Crippen LogP contribution in [0.3, 0.4) is 0 Å². The number of nitrogens with zero attached hydrogens (tertiary/aromatic N) is 4. The molecule has 0 atom stereocenters. The normalized spacial score (nSPS) is 17.2. The first-order valence-corrected chi connectivity index (χ1v) is 9.14. The molecule has 1 saturated heterocycles. The Kier molecular flexibility index (Phi) is 8.11. The van der Waals surface area contributed by atoms with Gasteiger partial charge in [0.15, 0.2) is 5.96 Å². The first kappa shape index (κ1) is 19.6. The molecule has 0 saturated carbocycles. The summed E-state index contributed by atoms with van der Waals surface area (Å²) in [6.07, 6.45) is 6.25. The van der Waals surface area contributed by atoms with Crippen LogP contribution in [-0.2, 0) is 6.54 Å². The van der Waals surface area contributed by atoms with Crippen LogP contribution in [0.25, 0.3) is 0 Å². The monoisotopic (exact) mass is 356 g/mol. The Morgan fingerprint density at radius 3 is 2.80 bits per heavy atom. The van der Waals surface area contributed by atoms with E-state index in [1.54, 1.807) is 0 Å². The number of guanidine groups is 1. The number of piperidine rings is 1. The van der Waals surface area contributed by atoms with E-state index < -0.39 is 6.55 Å². The zero-order valence-electron chi connectivity index (χ0n) is 15.2. The lowest BCUT2D eigenvalue weighted by Gasteiger charge is -2.30. The number of likely N-dealkylation sites (tertiary alicyclic amines) is 1. The molecule has 1 fully saturated rings. The molecule has 0 amide bonds. The molecule has 2 N–H and O–H groups in total. The van der Waals surface area contributed by atoms with Gasteiger partial charge in [-0.25, -0.2) is 9.98 Å². The number of hydrogen-bond donors (Lipinski definition) is 2. The van der Waals surface area contributed by atoms with E-state index in [-0.39, 0.29) is 12.4 Å². The third-order valence-electron chi connectivity index (χ3n) is 4.50. The number of halogens is 2. The molecule has 0 spiro atoms. The summed E-state index contributed by atoms with van der Waals surface area (Å²) in [4.78, 5) is 10.8. The zero-order chi connectivity index (χ0) is 18.1. The van der Waals surface area contributed by atoms with Crippen molar-refractivity contribution in [1.82, 2.24) is 25.1 Å². The van der Waals surface area contributed by atoms with Gasteiger partial charge in [-0.3, -0.25) is 4.57 Å². The Morgan fingerprint density at radius 1 is 1.36 bits per heavy atom. The zero-order valence-corrected chi connectivity index (χ0v) is 15.2. The average Bonchev–Trinajstić information content (AvgIpc) is 3.07. The minimum Gasteiger partial charge on any atom is -0.357 e. The second kappa shape index (κ2) is 10.3. The van der Waals surface area contributed by atoms with Crippen LogP contribution in [0.1, 0.15) is 45.5 Å². The lowest BCUT2D eigenvalue weighted by Crippen LogP contribution is -2.39. The van der Waals surface area contributed by atoms with Gasteiger partial charge in [0.05, 0.1) is 0 Å². The Labute approximate surface area is 148 Å². The molecule has 0 radical (unpaired) electrons. The minimum absolute atomic E-state index is 0.122. The van der Waals surface area contributed by atoms with Crippen molar-refractivity contribution < 1.29 is 8.78 Å². The van der Waals surface area contributed by atoms with Crippen molar-refractivity contribution in [3.63, 3.8) is 0 Å². The highest BCUT2D eigenvalue weighted by molar-refractivity contribution is 5.79. The molecule has 6 nitrogen and oxygen atoms in total. The fraction of sp³-hybridized carbons (Fsp3) is 0.765. The van der Waals surface area contributed by atoms with Gasteiger partial charge in [0, 0.05) is 25.5 Å². The van der Waals surface area contributed by atoms with Gasteiger partial charge < -0.3 is 15.5 Å². The second-order valence-electron chi connectivity index (χ2n) is 6.53. The quantitative estimate of drug-likeness (QED) is 0.427. The largest absolute Gasteiger partial charge is 0.357 e. The summed E-state index contributed by atoms with van der Waals surface area (Å²) in [5.74, 6) is 1.75. The summed E-state index contributed by atoms with van der Waals surface area (Å²) in [5, 5.41) is 6.41. The molecule has 0 bridgehead atoms. The van der Waals surface area contributed by atoms with Gasteiger partial charge in [-0.05, 0) is 51.7 Å². The van der Waals surface area contributed by atoms with Gasteiger partial charge in [0.1, 0.15) is 12.4 Å². The highest BCUT2D eigenvalue weighted by atomic mass is 19.3. The number of aromatic nitrogens is 2. The van der Waals surface area contributed by atoms with Crippen molar-refractivity contribution in [2.45, 2.75) is 46.2 Å². The maximum absolute atomic E-state index is 12.8. The minimum atomic E-state index is -2.59. The first-order chi connectivity index (χ1) is 12.1. The molecule has 1 aromatic rings. The number of aliphatic imine (C=N–C) groups is 1. The van der Waals surface area contributed by atoms with Crippen molar-refractivity contribution in [3.05, 3.63) is 18.2 Å². The lowest BCUT2D eigenvalue weighted by atomic mass is 9.99. The SMILES string of the molecule is CCNC(=NCc1nccn1C(F)F)NCCCN1CCC(C)CC1. The Balaban J connectivity index is 1.75. The van der Waals surface area contributed by atoms with Crippen LogP contribution < -0.4 is 10.6 Å². The molecule has 25 heavy (non-hydrogen) atoms. The molecule has 1 aliphatic heterocycles. The van der Waals surface area contributed by atoms with Crippen molar-refractivity contribution >= 4 is 5.96 Å². The van der Waals surface area contributed by atoms with E-state index in [1.165, 1.54) is 38.3 Å². The van der Waals surface area contributed by atoms with E-state index in [9.17, 15) is 8.78 Å². The standard InChI is InChI=1S/C17H30F2N6/c1-3-20-17(23-13-15-21-8-12-25(15)16(18)19)22-7-4-9-24-10-5-14(2)6-11-24/h8,12,14,16H,3-7,9-11,13H2,1-2H3,(H2,20,22,23). The summed E-state index contributed by atoms with van der Waals surface area (Å²) in [7, 11) is 0. The smallest absolute Gasteiger partial charge is 0.319 e. The molecule has 2 rings (SSSR count). The van der Waals surface area contributed by atoms with E-state index in [0.29, 0.717) is 5.96 Å². The van der Waals surface area contributed by atoms with Crippen molar-refractivity contribution in [2.24, 2.45) is 10.9 Å². The molecule has 2 heterocycles. The van der Waals surface area contributed by atoms with Crippen LogP contribution in [0.5, 0.6) is 0 Å². The number of nitrogens with one attached hydrogen (secondary N) is 2. The van der Waals surface area contributed by atoms with Crippen molar-refractivity contribution in [3.8, 4) is 0 Å². The topological polar surface area (TPSA) is 57.5 Å². The summed E-state index contributed by atoms with van der Waals surface area (Å²) in [6.45, 7) is 6.81. The van der Waals surface area contributed by atoms with Crippen LogP contribution in [-0.4, -0.2) is 53.1 Å². The molecule has 0 unspecified atom stereocenters. The van der Waals surface area contributed by atoms with E-state index >= 15 is 0 Å². The van der Waals surface area contributed by atoms with Gasteiger partial charge >= 0.3 is 6.55 Å². The highest BCUT2D eigenvalue weighted by Crippen LogP contribution is 2.15. The number of imidazole rings is 1. The molecule has 0 aromatic carbocycles. The fourth-order valence-corrected chi connectivity index (χ4v) is 2.93.